The first-order valence-electron chi connectivity index (χ1n) is 12.4. The van der Waals surface area contributed by atoms with E-state index in [0.29, 0.717) is 5.56 Å². The fourth-order valence-corrected chi connectivity index (χ4v) is 5.33. The van der Waals surface area contributed by atoms with Gasteiger partial charge in [-0.3, -0.25) is 9.59 Å². The van der Waals surface area contributed by atoms with Crippen LogP contribution in [-0.2, 0) is 0 Å². The van der Waals surface area contributed by atoms with Crippen molar-refractivity contribution >= 4 is 11.6 Å². The topological polar surface area (TPSA) is 194 Å². The average molecular weight is 558 g/mol. The van der Waals surface area contributed by atoms with Gasteiger partial charge in [0, 0.05) is 18.2 Å². The van der Waals surface area contributed by atoms with Crippen LogP contribution in [0.3, 0.4) is 0 Å². The van der Waals surface area contributed by atoms with E-state index in [-0.39, 0.29) is 45.4 Å². The SMILES string of the molecule is O=C1c2c(O)cc(O)c([C@@H]3C(=O)c4c(O)cc(O)cc4O[C@@H]3c3ccc(O)cc3)c2O[C@H](c2ccc(O)cc2)[C@H]1O. The Labute approximate surface area is 231 Å². The first kappa shape index (κ1) is 25.8. The number of phenols is 6. The number of aromatic hydroxyl groups is 6. The smallest absolute Gasteiger partial charge is 0.202 e. The summed E-state index contributed by atoms with van der Waals surface area (Å²) in [5, 5.41) is 72.7. The summed E-state index contributed by atoms with van der Waals surface area (Å²) in [6.45, 7) is 0. The summed E-state index contributed by atoms with van der Waals surface area (Å²) in [5.74, 6) is -6.19. The molecule has 0 saturated heterocycles. The van der Waals surface area contributed by atoms with Gasteiger partial charge in [0.25, 0.3) is 0 Å². The fourth-order valence-electron chi connectivity index (χ4n) is 5.33. The second-order valence-electron chi connectivity index (χ2n) is 9.78. The van der Waals surface area contributed by atoms with Crippen LogP contribution in [0.1, 0.15) is 55.5 Å². The number of hydrogen-bond acceptors (Lipinski definition) is 11. The number of ether oxygens (including phenoxy) is 2. The van der Waals surface area contributed by atoms with Crippen molar-refractivity contribution in [3.05, 3.63) is 94.5 Å². The van der Waals surface area contributed by atoms with Crippen molar-refractivity contribution in [1.29, 1.82) is 0 Å². The molecule has 6 rings (SSSR count). The molecule has 0 aliphatic carbocycles. The average Bonchev–Trinajstić information content (AvgIpc) is 2.92. The molecular weight excluding hydrogens is 536 g/mol. The molecule has 41 heavy (non-hydrogen) atoms. The predicted octanol–water partition coefficient (Wildman–Crippen LogP) is 3.70. The van der Waals surface area contributed by atoms with Gasteiger partial charge in [0.2, 0.25) is 5.78 Å². The van der Waals surface area contributed by atoms with Gasteiger partial charge < -0.3 is 45.2 Å². The number of fused-ring (bicyclic) bond motifs is 2. The molecule has 7 N–H and O–H groups in total. The Morgan fingerprint density at radius 1 is 0.561 bits per heavy atom. The number of aliphatic hydroxyl groups excluding tert-OH is 1. The predicted molar refractivity (Wildman–Crippen MR) is 140 cm³/mol. The van der Waals surface area contributed by atoms with E-state index in [1.54, 1.807) is 0 Å². The fraction of sp³-hybridized carbons (Fsp3) is 0.133. The lowest BCUT2D eigenvalue weighted by Gasteiger charge is -2.37. The van der Waals surface area contributed by atoms with Gasteiger partial charge in [0.15, 0.2) is 18.0 Å². The first-order valence-corrected chi connectivity index (χ1v) is 12.4. The van der Waals surface area contributed by atoms with Crippen molar-refractivity contribution in [2.45, 2.75) is 24.2 Å². The van der Waals surface area contributed by atoms with Crippen LogP contribution in [0.25, 0.3) is 0 Å². The zero-order valence-electron chi connectivity index (χ0n) is 20.9. The third-order valence-corrected chi connectivity index (χ3v) is 7.23. The highest BCUT2D eigenvalue weighted by Gasteiger charge is 2.48. The van der Waals surface area contributed by atoms with E-state index in [4.69, 9.17) is 9.47 Å². The zero-order valence-corrected chi connectivity index (χ0v) is 20.9. The van der Waals surface area contributed by atoms with E-state index in [1.165, 1.54) is 48.5 Å². The molecular formula is C30H22O11. The molecule has 208 valence electrons. The van der Waals surface area contributed by atoms with Crippen molar-refractivity contribution in [2.75, 3.05) is 0 Å². The Kier molecular flexibility index (Phi) is 5.89. The van der Waals surface area contributed by atoms with Gasteiger partial charge in [-0.2, -0.15) is 0 Å². The van der Waals surface area contributed by atoms with Crippen LogP contribution in [0.15, 0.2) is 66.7 Å². The number of carbonyl (C=O) groups excluding carboxylic acids is 2. The number of phenolic OH excluding ortho intramolecular Hbond substituents is 6. The molecule has 0 aromatic heterocycles. The van der Waals surface area contributed by atoms with Crippen LogP contribution in [0, 0.1) is 0 Å². The molecule has 0 radical (unpaired) electrons. The van der Waals surface area contributed by atoms with Crippen molar-refractivity contribution in [2.24, 2.45) is 0 Å². The van der Waals surface area contributed by atoms with Crippen LogP contribution < -0.4 is 9.47 Å². The van der Waals surface area contributed by atoms with Gasteiger partial charge in [-0.15, -0.1) is 0 Å². The van der Waals surface area contributed by atoms with Crippen molar-refractivity contribution in [3.8, 4) is 46.0 Å². The number of rotatable bonds is 3. The summed E-state index contributed by atoms with van der Waals surface area (Å²) in [4.78, 5) is 27.5. The van der Waals surface area contributed by atoms with E-state index >= 15 is 0 Å². The van der Waals surface area contributed by atoms with Gasteiger partial charge in [-0.1, -0.05) is 24.3 Å². The molecule has 4 aromatic carbocycles. The van der Waals surface area contributed by atoms with Gasteiger partial charge in [0.1, 0.15) is 63.2 Å². The lowest BCUT2D eigenvalue weighted by molar-refractivity contribution is 0.0197. The molecule has 0 amide bonds. The summed E-state index contributed by atoms with van der Waals surface area (Å²) in [7, 11) is 0. The highest BCUT2D eigenvalue weighted by molar-refractivity contribution is 6.10. The number of Topliss-reactive ketones (excluding diaryl/α,β-unsaturated/α-hetero) is 2. The Hall–Kier alpha value is -5.42. The minimum absolute atomic E-state index is 0.0760. The quantitative estimate of drug-likeness (QED) is 0.194. The van der Waals surface area contributed by atoms with Crippen LogP contribution in [-0.4, -0.2) is 53.4 Å². The molecule has 0 saturated carbocycles. The highest BCUT2D eigenvalue weighted by Crippen LogP contribution is 2.55. The molecule has 11 nitrogen and oxygen atoms in total. The number of aliphatic hydroxyl groups is 1. The molecule has 0 fully saturated rings. The maximum atomic E-state index is 14.1. The molecule has 11 heteroatoms. The molecule has 2 heterocycles. The molecule has 4 atom stereocenters. The number of hydrogen-bond donors (Lipinski definition) is 7. The van der Waals surface area contributed by atoms with Crippen LogP contribution in [0.2, 0.25) is 0 Å². The molecule has 2 aliphatic rings. The summed E-state index contributed by atoms with van der Waals surface area (Å²) < 4.78 is 12.1. The Morgan fingerprint density at radius 3 is 1.73 bits per heavy atom. The first-order chi connectivity index (χ1) is 19.5. The molecule has 0 unspecified atom stereocenters. The van der Waals surface area contributed by atoms with Gasteiger partial charge >= 0.3 is 0 Å². The maximum Gasteiger partial charge on any atom is 0.202 e. The zero-order chi connectivity index (χ0) is 29.2. The van der Waals surface area contributed by atoms with Gasteiger partial charge in [0.05, 0.1) is 11.5 Å². The second-order valence-corrected chi connectivity index (χ2v) is 9.78. The molecule has 0 bridgehead atoms. The standard InChI is InChI=1S/C30H22O11/c31-14-5-1-12(2-6-14)28-24(25(37)21-17(34)9-16(33)10-20(21)40-28)22-18(35)11-19(36)23-26(38)27(39)29(41-30(22)23)13-3-7-15(32)8-4-13/h1-11,24,27-29,31-36,39H/t24-,27+,28-,29-/m1/s1. The second kappa shape index (κ2) is 9.35. The largest absolute Gasteiger partial charge is 0.508 e. The molecule has 4 aromatic rings. The summed E-state index contributed by atoms with van der Waals surface area (Å²) in [6.07, 6.45) is -4.37. The van der Waals surface area contributed by atoms with Crippen LogP contribution in [0.5, 0.6) is 46.0 Å². The number of ketones is 2. The third kappa shape index (κ3) is 4.10. The number of benzene rings is 4. The summed E-state index contributed by atoms with van der Waals surface area (Å²) >= 11 is 0. The van der Waals surface area contributed by atoms with E-state index in [2.05, 4.69) is 0 Å². The Morgan fingerprint density at radius 2 is 1.12 bits per heavy atom. The maximum absolute atomic E-state index is 14.1. The summed E-state index contributed by atoms with van der Waals surface area (Å²) in [5.41, 5.74) is -0.418. The third-order valence-electron chi connectivity index (χ3n) is 7.23. The van der Waals surface area contributed by atoms with Crippen molar-refractivity contribution in [3.63, 3.8) is 0 Å². The van der Waals surface area contributed by atoms with Gasteiger partial charge in [-0.25, -0.2) is 0 Å². The lowest BCUT2D eigenvalue weighted by Crippen LogP contribution is -2.38. The Bertz CT molecular complexity index is 1710. The van der Waals surface area contributed by atoms with E-state index in [0.717, 1.165) is 18.2 Å². The highest BCUT2D eigenvalue weighted by atomic mass is 16.5. The van der Waals surface area contributed by atoms with E-state index in [9.17, 15) is 45.3 Å². The minimum Gasteiger partial charge on any atom is -0.508 e. The summed E-state index contributed by atoms with van der Waals surface area (Å²) in [6, 6.07) is 14.0. The van der Waals surface area contributed by atoms with E-state index < -0.39 is 58.6 Å². The lowest BCUT2D eigenvalue weighted by atomic mass is 9.78. The molecule has 0 spiro atoms. The minimum atomic E-state index is -1.78. The van der Waals surface area contributed by atoms with Crippen molar-refractivity contribution in [1.82, 2.24) is 0 Å². The Balaban J connectivity index is 1.59. The number of carbonyl (C=O) groups is 2. The van der Waals surface area contributed by atoms with Crippen molar-refractivity contribution < 1.29 is 54.8 Å². The van der Waals surface area contributed by atoms with Crippen LogP contribution in [0.4, 0.5) is 0 Å². The molecule has 2 aliphatic heterocycles. The monoisotopic (exact) mass is 558 g/mol. The van der Waals surface area contributed by atoms with Crippen LogP contribution >= 0.6 is 0 Å². The van der Waals surface area contributed by atoms with Gasteiger partial charge in [-0.05, 0) is 35.4 Å². The van der Waals surface area contributed by atoms with E-state index in [1.807, 2.05) is 0 Å². The normalized spacial score (nSPS) is 21.4.